The van der Waals surface area contributed by atoms with Gasteiger partial charge in [-0.25, -0.2) is 0 Å². The fraction of sp³-hybridized carbons (Fsp3) is 0.667. The van der Waals surface area contributed by atoms with Crippen LogP contribution in [0.1, 0.15) is 25.5 Å². The number of ether oxygens (including phenoxy) is 1. The predicted octanol–water partition coefficient (Wildman–Crippen LogP) is 0.712. The van der Waals surface area contributed by atoms with Crippen molar-refractivity contribution < 1.29 is 9.53 Å². The Kier molecular flexibility index (Phi) is 3.62. The average Bonchev–Trinajstić information content (AvgIpc) is 2.47. The third-order valence-electron chi connectivity index (χ3n) is 1.94. The molecule has 1 aromatic rings. The Hall–Kier alpha value is -1.39. The standard InChI is InChI=1S/C9H15N3O2/c1-4-12-7(3)10-11-8(12)6-9(13)14-5-2/h4-6H2,1-3H3. The molecule has 5 nitrogen and oxygen atoms in total. The molecular weight excluding hydrogens is 182 g/mol. The van der Waals surface area contributed by atoms with Crippen molar-refractivity contribution in [1.82, 2.24) is 14.8 Å². The number of hydrogen-bond acceptors (Lipinski definition) is 4. The lowest BCUT2D eigenvalue weighted by molar-refractivity contribution is -0.142. The van der Waals surface area contributed by atoms with E-state index in [1.54, 1.807) is 6.92 Å². The highest BCUT2D eigenvalue weighted by molar-refractivity contribution is 5.71. The molecule has 0 saturated carbocycles. The Balaban J connectivity index is 2.71. The van der Waals surface area contributed by atoms with Gasteiger partial charge in [-0.3, -0.25) is 4.79 Å². The molecule has 1 rings (SSSR count). The van der Waals surface area contributed by atoms with Crippen LogP contribution < -0.4 is 0 Å². The van der Waals surface area contributed by atoms with Gasteiger partial charge in [0.05, 0.1) is 6.61 Å². The van der Waals surface area contributed by atoms with Gasteiger partial charge in [-0.1, -0.05) is 0 Å². The van der Waals surface area contributed by atoms with E-state index in [1.165, 1.54) is 0 Å². The molecule has 0 saturated heterocycles. The number of rotatable bonds is 4. The van der Waals surface area contributed by atoms with Crippen molar-refractivity contribution in [2.75, 3.05) is 6.61 Å². The van der Waals surface area contributed by atoms with E-state index in [2.05, 4.69) is 10.2 Å². The summed E-state index contributed by atoms with van der Waals surface area (Å²) in [6, 6.07) is 0. The molecule has 0 N–H and O–H groups in total. The second-order valence-electron chi connectivity index (χ2n) is 2.89. The van der Waals surface area contributed by atoms with Crippen LogP contribution in [0.3, 0.4) is 0 Å². The molecular formula is C9H15N3O2. The molecule has 0 atom stereocenters. The highest BCUT2D eigenvalue weighted by atomic mass is 16.5. The van der Waals surface area contributed by atoms with Crippen LogP contribution in [0.15, 0.2) is 0 Å². The molecule has 14 heavy (non-hydrogen) atoms. The van der Waals surface area contributed by atoms with E-state index in [-0.39, 0.29) is 12.4 Å². The Morgan fingerprint density at radius 2 is 2.14 bits per heavy atom. The number of carbonyl (C=O) groups excluding carboxylic acids is 1. The summed E-state index contributed by atoms with van der Waals surface area (Å²) in [4.78, 5) is 11.2. The van der Waals surface area contributed by atoms with Crippen LogP contribution in [0.5, 0.6) is 0 Å². The number of aromatic nitrogens is 3. The Labute approximate surface area is 83.1 Å². The molecule has 0 unspecified atom stereocenters. The van der Waals surface area contributed by atoms with Crippen molar-refractivity contribution >= 4 is 5.97 Å². The van der Waals surface area contributed by atoms with Crippen LogP contribution in [0.25, 0.3) is 0 Å². The maximum Gasteiger partial charge on any atom is 0.313 e. The first-order chi connectivity index (χ1) is 6.69. The van der Waals surface area contributed by atoms with Crippen LogP contribution in [-0.2, 0) is 22.5 Å². The normalized spacial score (nSPS) is 10.2. The maximum absolute atomic E-state index is 11.2. The summed E-state index contributed by atoms with van der Waals surface area (Å²) in [5, 5.41) is 7.83. The third kappa shape index (κ3) is 2.31. The lowest BCUT2D eigenvalue weighted by Gasteiger charge is -2.04. The second-order valence-corrected chi connectivity index (χ2v) is 2.89. The topological polar surface area (TPSA) is 57.0 Å². The van der Waals surface area contributed by atoms with Gasteiger partial charge in [-0.05, 0) is 20.8 Å². The molecule has 1 heterocycles. The first kappa shape index (κ1) is 10.7. The summed E-state index contributed by atoms with van der Waals surface area (Å²) in [5.41, 5.74) is 0. The summed E-state index contributed by atoms with van der Waals surface area (Å²) in [6.07, 6.45) is 0.197. The number of esters is 1. The molecule has 0 aliphatic heterocycles. The van der Waals surface area contributed by atoms with E-state index in [1.807, 2.05) is 18.4 Å². The number of carbonyl (C=O) groups is 1. The van der Waals surface area contributed by atoms with E-state index in [4.69, 9.17) is 4.74 Å². The molecule has 0 aliphatic rings. The molecule has 0 aliphatic carbocycles. The molecule has 1 aromatic heterocycles. The van der Waals surface area contributed by atoms with E-state index >= 15 is 0 Å². The van der Waals surface area contributed by atoms with Crippen molar-refractivity contribution in [2.45, 2.75) is 33.7 Å². The maximum atomic E-state index is 11.2. The van der Waals surface area contributed by atoms with Gasteiger partial charge in [0.2, 0.25) is 0 Å². The van der Waals surface area contributed by atoms with Crippen LogP contribution in [0.4, 0.5) is 0 Å². The predicted molar refractivity (Wildman–Crippen MR) is 50.8 cm³/mol. The molecule has 0 bridgehead atoms. The minimum atomic E-state index is -0.255. The van der Waals surface area contributed by atoms with E-state index in [0.29, 0.717) is 12.4 Å². The van der Waals surface area contributed by atoms with E-state index in [9.17, 15) is 4.79 Å². The average molecular weight is 197 g/mol. The van der Waals surface area contributed by atoms with Crippen molar-refractivity contribution in [1.29, 1.82) is 0 Å². The molecule has 0 amide bonds. The van der Waals surface area contributed by atoms with Crippen molar-refractivity contribution in [3.8, 4) is 0 Å². The summed E-state index contributed by atoms with van der Waals surface area (Å²) < 4.78 is 6.73. The molecule has 5 heteroatoms. The third-order valence-corrected chi connectivity index (χ3v) is 1.94. The second kappa shape index (κ2) is 4.74. The van der Waals surface area contributed by atoms with Gasteiger partial charge >= 0.3 is 5.97 Å². The van der Waals surface area contributed by atoms with Crippen LogP contribution in [-0.4, -0.2) is 27.3 Å². The Bertz CT molecular complexity index is 320. The molecule has 0 radical (unpaired) electrons. The minimum absolute atomic E-state index is 0.197. The van der Waals surface area contributed by atoms with Gasteiger partial charge in [0, 0.05) is 6.54 Å². The highest BCUT2D eigenvalue weighted by Crippen LogP contribution is 2.02. The summed E-state index contributed by atoms with van der Waals surface area (Å²) in [7, 11) is 0. The van der Waals surface area contributed by atoms with Gasteiger partial charge in [-0.15, -0.1) is 10.2 Å². The molecule has 0 spiro atoms. The summed E-state index contributed by atoms with van der Waals surface area (Å²) >= 11 is 0. The highest BCUT2D eigenvalue weighted by Gasteiger charge is 2.11. The lowest BCUT2D eigenvalue weighted by Crippen LogP contribution is -2.12. The summed E-state index contributed by atoms with van der Waals surface area (Å²) in [6.45, 7) is 6.81. The van der Waals surface area contributed by atoms with Crippen molar-refractivity contribution in [2.24, 2.45) is 0 Å². The fourth-order valence-electron chi connectivity index (χ4n) is 1.31. The smallest absolute Gasteiger partial charge is 0.313 e. The first-order valence-corrected chi connectivity index (χ1v) is 4.73. The molecule has 0 aromatic carbocycles. The van der Waals surface area contributed by atoms with Crippen LogP contribution >= 0.6 is 0 Å². The largest absolute Gasteiger partial charge is 0.466 e. The fourth-order valence-corrected chi connectivity index (χ4v) is 1.31. The molecule has 0 fully saturated rings. The summed E-state index contributed by atoms with van der Waals surface area (Å²) in [5.74, 6) is 1.24. The van der Waals surface area contributed by atoms with Gasteiger partial charge in [0.1, 0.15) is 18.1 Å². The van der Waals surface area contributed by atoms with Crippen LogP contribution in [0.2, 0.25) is 0 Å². The van der Waals surface area contributed by atoms with Crippen LogP contribution in [0, 0.1) is 6.92 Å². The SMILES string of the molecule is CCOC(=O)Cc1nnc(C)n1CC. The van der Waals surface area contributed by atoms with Gasteiger partial charge < -0.3 is 9.30 Å². The monoisotopic (exact) mass is 197 g/mol. The first-order valence-electron chi connectivity index (χ1n) is 4.73. The minimum Gasteiger partial charge on any atom is -0.466 e. The number of nitrogens with zero attached hydrogens (tertiary/aromatic N) is 3. The van der Waals surface area contributed by atoms with Crippen molar-refractivity contribution in [3.05, 3.63) is 11.6 Å². The zero-order valence-corrected chi connectivity index (χ0v) is 8.78. The number of hydrogen-bond donors (Lipinski definition) is 0. The zero-order valence-electron chi connectivity index (χ0n) is 8.78. The zero-order chi connectivity index (χ0) is 10.6. The van der Waals surface area contributed by atoms with Gasteiger partial charge in [0.15, 0.2) is 0 Å². The van der Waals surface area contributed by atoms with Crippen molar-refractivity contribution in [3.63, 3.8) is 0 Å². The Morgan fingerprint density at radius 1 is 1.43 bits per heavy atom. The number of aryl methyl sites for hydroxylation is 1. The van der Waals surface area contributed by atoms with Gasteiger partial charge in [-0.2, -0.15) is 0 Å². The lowest BCUT2D eigenvalue weighted by atomic mass is 10.4. The molecule has 78 valence electrons. The van der Waals surface area contributed by atoms with E-state index < -0.39 is 0 Å². The quantitative estimate of drug-likeness (QED) is 0.667. The van der Waals surface area contributed by atoms with Gasteiger partial charge in [0.25, 0.3) is 0 Å². The van der Waals surface area contributed by atoms with E-state index in [0.717, 1.165) is 12.4 Å². The Morgan fingerprint density at radius 3 is 2.71 bits per heavy atom.